The van der Waals surface area contributed by atoms with Gasteiger partial charge in [-0.05, 0) is 17.5 Å². The molecule has 2 heterocycles. The molecule has 0 N–H and O–H groups in total. The minimum atomic E-state index is -1.30. The SMILES string of the molecule is O=S(Cc1nc(-c2ccsc2)no1)Cc1ccccc1F. The lowest BCUT2D eigenvalue weighted by Crippen LogP contribution is -2.01. The first-order valence-corrected chi connectivity index (χ1v) is 8.59. The highest BCUT2D eigenvalue weighted by Crippen LogP contribution is 2.19. The van der Waals surface area contributed by atoms with Gasteiger partial charge in [-0.2, -0.15) is 16.3 Å². The molecule has 7 heteroatoms. The van der Waals surface area contributed by atoms with E-state index < -0.39 is 10.8 Å². The second-order valence-corrected chi connectivity index (χ2v) is 6.58. The lowest BCUT2D eigenvalue weighted by Gasteiger charge is -2.01. The molecule has 4 nitrogen and oxygen atoms in total. The van der Waals surface area contributed by atoms with Gasteiger partial charge in [0.2, 0.25) is 11.7 Å². The molecular weight excluding hydrogens is 311 g/mol. The summed E-state index contributed by atoms with van der Waals surface area (Å²) in [6, 6.07) is 8.19. The van der Waals surface area contributed by atoms with Crippen molar-refractivity contribution < 1.29 is 13.1 Å². The van der Waals surface area contributed by atoms with E-state index in [2.05, 4.69) is 10.1 Å². The molecule has 108 valence electrons. The summed E-state index contributed by atoms with van der Waals surface area (Å²) in [6.45, 7) is 0. The standard InChI is InChI=1S/C14H11FN2O2S2/c15-12-4-2-1-3-11(12)8-21(18)9-13-16-14(17-19-13)10-5-6-20-7-10/h1-7H,8-9H2. The summed E-state index contributed by atoms with van der Waals surface area (Å²) in [5.41, 5.74) is 1.29. The van der Waals surface area contributed by atoms with Crippen molar-refractivity contribution in [3.63, 3.8) is 0 Å². The largest absolute Gasteiger partial charge is 0.338 e. The third-order valence-electron chi connectivity index (χ3n) is 2.81. The first-order valence-electron chi connectivity index (χ1n) is 6.16. The van der Waals surface area contributed by atoms with E-state index in [0.717, 1.165) is 5.56 Å². The van der Waals surface area contributed by atoms with Gasteiger partial charge in [0.05, 0.1) is 5.75 Å². The number of aromatic nitrogens is 2. The molecular formula is C14H11FN2O2S2. The Morgan fingerprint density at radius 2 is 2.10 bits per heavy atom. The van der Waals surface area contributed by atoms with E-state index in [1.54, 1.807) is 18.2 Å². The van der Waals surface area contributed by atoms with Crippen LogP contribution in [0.2, 0.25) is 0 Å². The summed E-state index contributed by atoms with van der Waals surface area (Å²) >= 11 is 1.54. The fourth-order valence-electron chi connectivity index (χ4n) is 1.80. The third kappa shape index (κ3) is 3.43. The number of thiophene rings is 1. The van der Waals surface area contributed by atoms with Crippen LogP contribution >= 0.6 is 11.3 Å². The Morgan fingerprint density at radius 1 is 1.24 bits per heavy atom. The quantitative estimate of drug-likeness (QED) is 0.722. The molecule has 0 spiro atoms. The van der Waals surface area contributed by atoms with Crippen molar-refractivity contribution in [2.45, 2.75) is 11.5 Å². The molecule has 0 amide bonds. The maximum atomic E-state index is 13.5. The molecule has 0 aliphatic heterocycles. The van der Waals surface area contributed by atoms with Crippen LogP contribution in [-0.2, 0) is 22.3 Å². The van der Waals surface area contributed by atoms with Gasteiger partial charge in [-0.3, -0.25) is 4.21 Å². The molecule has 0 saturated heterocycles. The molecule has 1 unspecified atom stereocenters. The van der Waals surface area contributed by atoms with Gasteiger partial charge in [0, 0.05) is 27.3 Å². The van der Waals surface area contributed by atoms with Crippen molar-refractivity contribution in [2.24, 2.45) is 0 Å². The van der Waals surface area contributed by atoms with Crippen LogP contribution in [-0.4, -0.2) is 14.3 Å². The molecule has 3 aromatic rings. The smallest absolute Gasteiger partial charge is 0.239 e. The van der Waals surface area contributed by atoms with E-state index >= 15 is 0 Å². The summed E-state index contributed by atoms with van der Waals surface area (Å²) in [6.07, 6.45) is 0. The van der Waals surface area contributed by atoms with E-state index in [1.165, 1.54) is 17.4 Å². The number of benzene rings is 1. The van der Waals surface area contributed by atoms with Crippen molar-refractivity contribution in [3.8, 4) is 11.4 Å². The van der Waals surface area contributed by atoms with Gasteiger partial charge in [-0.15, -0.1) is 0 Å². The van der Waals surface area contributed by atoms with Gasteiger partial charge in [0.1, 0.15) is 11.6 Å². The number of hydrogen-bond donors (Lipinski definition) is 0. The molecule has 0 bridgehead atoms. The number of hydrogen-bond acceptors (Lipinski definition) is 5. The lowest BCUT2D eigenvalue weighted by molar-refractivity contribution is 0.390. The highest BCUT2D eigenvalue weighted by Gasteiger charge is 2.13. The van der Waals surface area contributed by atoms with Crippen LogP contribution in [0.25, 0.3) is 11.4 Å². The average molecular weight is 322 g/mol. The molecule has 0 aliphatic rings. The highest BCUT2D eigenvalue weighted by atomic mass is 32.2. The minimum Gasteiger partial charge on any atom is -0.338 e. The van der Waals surface area contributed by atoms with Gasteiger partial charge in [0.25, 0.3) is 0 Å². The summed E-state index contributed by atoms with van der Waals surface area (Å²) in [4.78, 5) is 4.20. The average Bonchev–Trinajstić information content (AvgIpc) is 3.12. The van der Waals surface area contributed by atoms with Gasteiger partial charge >= 0.3 is 0 Å². The second-order valence-electron chi connectivity index (χ2n) is 4.34. The molecule has 0 radical (unpaired) electrons. The van der Waals surface area contributed by atoms with E-state index in [0.29, 0.717) is 17.3 Å². The van der Waals surface area contributed by atoms with E-state index in [9.17, 15) is 8.60 Å². The molecule has 0 fully saturated rings. The second kappa shape index (κ2) is 6.28. The Balaban J connectivity index is 1.67. The number of nitrogens with zero attached hydrogens (tertiary/aromatic N) is 2. The molecule has 1 aromatic carbocycles. The van der Waals surface area contributed by atoms with Crippen molar-refractivity contribution in [1.82, 2.24) is 10.1 Å². The molecule has 0 aliphatic carbocycles. The summed E-state index contributed by atoms with van der Waals surface area (Å²) in [7, 11) is -1.30. The van der Waals surface area contributed by atoms with Crippen molar-refractivity contribution in [2.75, 3.05) is 0 Å². The summed E-state index contributed by atoms with van der Waals surface area (Å²) < 4.78 is 30.6. The first kappa shape index (κ1) is 14.1. The topological polar surface area (TPSA) is 56.0 Å². The van der Waals surface area contributed by atoms with Gasteiger partial charge in [-0.25, -0.2) is 4.39 Å². The molecule has 21 heavy (non-hydrogen) atoms. The predicted octanol–water partition coefficient (Wildman–Crippen LogP) is 3.39. The lowest BCUT2D eigenvalue weighted by atomic mass is 10.2. The fraction of sp³-hybridized carbons (Fsp3) is 0.143. The fourth-order valence-corrected chi connectivity index (χ4v) is 3.51. The van der Waals surface area contributed by atoms with Crippen molar-refractivity contribution >= 4 is 22.1 Å². The van der Waals surface area contributed by atoms with E-state index in [1.807, 2.05) is 16.8 Å². The Labute approximate surface area is 127 Å². The van der Waals surface area contributed by atoms with E-state index in [-0.39, 0.29) is 17.3 Å². The maximum Gasteiger partial charge on any atom is 0.239 e. The van der Waals surface area contributed by atoms with Gasteiger partial charge < -0.3 is 4.52 Å². The zero-order valence-electron chi connectivity index (χ0n) is 10.9. The number of halogens is 1. The van der Waals surface area contributed by atoms with Crippen LogP contribution in [0.4, 0.5) is 4.39 Å². The minimum absolute atomic E-state index is 0.117. The van der Waals surface area contributed by atoms with Crippen molar-refractivity contribution in [1.29, 1.82) is 0 Å². The van der Waals surface area contributed by atoms with Crippen molar-refractivity contribution in [3.05, 3.63) is 58.4 Å². The van der Waals surface area contributed by atoms with Crippen LogP contribution in [0.3, 0.4) is 0 Å². The van der Waals surface area contributed by atoms with Crippen LogP contribution < -0.4 is 0 Å². The summed E-state index contributed by atoms with van der Waals surface area (Å²) in [5, 5.41) is 7.67. The Hall–Kier alpha value is -1.86. The monoisotopic (exact) mass is 322 g/mol. The summed E-state index contributed by atoms with van der Waals surface area (Å²) in [5.74, 6) is 0.671. The van der Waals surface area contributed by atoms with E-state index in [4.69, 9.17) is 4.52 Å². The Kier molecular flexibility index (Phi) is 4.21. The van der Waals surface area contributed by atoms with Gasteiger partial charge in [0.15, 0.2) is 0 Å². The molecule has 0 saturated carbocycles. The normalized spacial score (nSPS) is 12.4. The van der Waals surface area contributed by atoms with Crippen LogP contribution in [0, 0.1) is 5.82 Å². The molecule has 3 rings (SSSR count). The van der Waals surface area contributed by atoms with Gasteiger partial charge in [-0.1, -0.05) is 23.4 Å². The Bertz CT molecular complexity index is 756. The predicted molar refractivity (Wildman–Crippen MR) is 79.6 cm³/mol. The highest BCUT2D eigenvalue weighted by molar-refractivity contribution is 7.83. The van der Waals surface area contributed by atoms with Crippen LogP contribution in [0.15, 0.2) is 45.6 Å². The molecule has 1 atom stereocenters. The van der Waals surface area contributed by atoms with Crippen LogP contribution in [0.5, 0.6) is 0 Å². The molecule has 2 aromatic heterocycles. The Morgan fingerprint density at radius 3 is 2.86 bits per heavy atom. The van der Waals surface area contributed by atoms with Crippen LogP contribution in [0.1, 0.15) is 11.5 Å². The third-order valence-corrected chi connectivity index (χ3v) is 4.69. The zero-order chi connectivity index (χ0) is 14.7. The maximum absolute atomic E-state index is 13.5. The zero-order valence-corrected chi connectivity index (χ0v) is 12.5. The number of rotatable bonds is 5. The first-order chi connectivity index (χ1) is 10.2.